The van der Waals surface area contributed by atoms with E-state index < -0.39 is 0 Å². The number of hydrogen-bond acceptors (Lipinski definition) is 2. The van der Waals surface area contributed by atoms with Crippen molar-refractivity contribution in [2.75, 3.05) is 14.2 Å². The van der Waals surface area contributed by atoms with E-state index in [-0.39, 0.29) is 51.4 Å². The zero-order valence-electron chi connectivity index (χ0n) is 18.0. The van der Waals surface area contributed by atoms with Gasteiger partial charge in [-0.15, -0.1) is 6.92 Å². The van der Waals surface area contributed by atoms with E-state index in [4.69, 9.17) is 4.74 Å². The van der Waals surface area contributed by atoms with Gasteiger partial charge in [0.2, 0.25) is 0 Å². The van der Waals surface area contributed by atoms with Crippen LogP contribution in [0.5, 0.6) is 5.75 Å². The first-order chi connectivity index (χ1) is 11.3. The van der Waals surface area contributed by atoms with E-state index in [9.17, 15) is 0 Å². The predicted molar refractivity (Wildman–Crippen MR) is 106 cm³/mol. The Morgan fingerprint density at radius 3 is 1.96 bits per heavy atom. The van der Waals surface area contributed by atoms with Gasteiger partial charge in [0.1, 0.15) is 0 Å². The second-order valence-corrected chi connectivity index (χ2v) is 7.21. The summed E-state index contributed by atoms with van der Waals surface area (Å²) in [4.78, 5) is 0. The predicted octanol–water partition coefficient (Wildman–Crippen LogP) is 3.77. The third-order valence-electron chi connectivity index (χ3n) is 3.40. The normalized spacial score (nSPS) is 14.4. The Balaban J connectivity index is 0. The molecule has 2 nitrogen and oxygen atoms in total. The second-order valence-electron chi connectivity index (χ2n) is 7.21. The van der Waals surface area contributed by atoms with Crippen LogP contribution in [-0.4, -0.2) is 14.2 Å². The molecule has 3 heteroatoms. The van der Waals surface area contributed by atoms with Gasteiger partial charge >= 0.3 is 51.4 Å². The smallest absolute Gasteiger partial charge is 0.551 e. The minimum absolute atomic E-state index is 0. The van der Waals surface area contributed by atoms with Crippen molar-refractivity contribution in [1.29, 1.82) is 0 Å². The van der Waals surface area contributed by atoms with Crippen LogP contribution in [-0.2, 0) is 4.74 Å². The summed E-state index contributed by atoms with van der Waals surface area (Å²) in [5.41, 5.74) is 2.47. The molecule has 138 valence electrons. The molecular formula is C22H37KO2. The van der Waals surface area contributed by atoms with Crippen molar-refractivity contribution in [1.82, 2.24) is 0 Å². The van der Waals surface area contributed by atoms with E-state index >= 15 is 0 Å². The first kappa shape index (κ1) is 27.4. The van der Waals surface area contributed by atoms with Gasteiger partial charge in [-0.3, -0.25) is 0 Å². The van der Waals surface area contributed by atoms with Gasteiger partial charge in [0.05, 0.1) is 5.75 Å². The van der Waals surface area contributed by atoms with Crippen LogP contribution in [0.25, 0.3) is 5.57 Å². The van der Waals surface area contributed by atoms with Crippen molar-refractivity contribution in [3.8, 4) is 5.75 Å². The van der Waals surface area contributed by atoms with Crippen molar-refractivity contribution in [3.05, 3.63) is 42.0 Å². The first-order valence-corrected chi connectivity index (χ1v) is 9.01. The van der Waals surface area contributed by atoms with Crippen molar-refractivity contribution >= 4 is 5.57 Å². The van der Waals surface area contributed by atoms with Gasteiger partial charge in [0.15, 0.2) is 0 Å². The molecule has 1 aliphatic carbocycles. The average molecular weight is 373 g/mol. The minimum Gasteiger partial charge on any atom is -0.551 e. The Bertz CT molecular complexity index is 462. The fraction of sp³-hybridized carbons (Fsp3) is 0.591. The number of benzene rings is 1. The molecule has 2 aliphatic rings. The molecule has 25 heavy (non-hydrogen) atoms. The average Bonchev–Trinajstić information content (AvgIpc) is 2.46. The van der Waals surface area contributed by atoms with Crippen LogP contribution in [0.15, 0.2) is 30.3 Å². The molecule has 0 atom stereocenters. The monoisotopic (exact) mass is 372 g/mol. The van der Waals surface area contributed by atoms with Crippen LogP contribution in [0, 0.1) is 17.9 Å². The molecule has 1 saturated carbocycles. The van der Waals surface area contributed by atoms with Gasteiger partial charge in [0.25, 0.3) is 0 Å². The Kier molecular flexibility index (Phi) is 18.0. The van der Waals surface area contributed by atoms with Gasteiger partial charge in [-0.25, -0.2) is 0 Å². The quantitative estimate of drug-likeness (QED) is 0.510. The number of para-hydroxylation sites is 1. The molecule has 0 amide bonds. The van der Waals surface area contributed by atoms with Crippen molar-refractivity contribution in [2.45, 2.75) is 60.8 Å². The largest absolute Gasteiger partial charge is 1.00 e. The van der Waals surface area contributed by atoms with E-state index in [0.717, 1.165) is 23.7 Å². The molecular weight excluding hydrogens is 335 g/mol. The third kappa shape index (κ3) is 14.0. The van der Waals surface area contributed by atoms with E-state index in [2.05, 4.69) is 51.5 Å². The summed E-state index contributed by atoms with van der Waals surface area (Å²) >= 11 is 0. The number of methoxy groups -OCH3 is 1. The zero-order valence-corrected chi connectivity index (χ0v) is 21.1. The molecule has 0 saturated heterocycles. The minimum atomic E-state index is 0. The molecule has 1 fully saturated rings. The van der Waals surface area contributed by atoms with Crippen LogP contribution in [0.3, 0.4) is 0 Å². The van der Waals surface area contributed by atoms with E-state index in [1.165, 1.54) is 30.4 Å². The number of ether oxygens (including phenoxy) is 2. The fourth-order valence-corrected chi connectivity index (χ4v) is 2.08. The van der Waals surface area contributed by atoms with E-state index in [0.29, 0.717) is 0 Å². The molecule has 1 heterocycles. The van der Waals surface area contributed by atoms with Crippen LogP contribution >= 0.6 is 0 Å². The van der Waals surface area contributed by atoms with Crippen LogP contribution < -0.4 is 56.1 Å². The van der Waals surface area contributed by atoms with Crippen LogP contribution in [0.4, 0.5) is 0 Å². The SMILES string of the molecule is CC(C)C.CC1=C[C-](C)Oc2ccccc21.CC1CCC1.COC.[K+]. The van der Waals surface area contributed by atoms with Gasteiger partial charge in [0, 0.05) is 14.2 Å². The molecule has 1 aliphatic heterocycles. The fourth-order valence-electron chi connectivity index (χ4n) is 2.08. The van der Waals surface area contributed by atoms with Crippen molar-refractivity contribution in [2.24, 2.45) is 11.8 Å². The van der Waals surface area contributed by atoms with E-state index in [1.807, 2.05) is 25.1 Å². The molecule has 0 radical (unpaired) electrons. The molecule has 0 bridgehead atoms. The summed E-state index contributed by atoms with van der Waals surface area (Å²) in [6, 6.07) is 8.09. The summed E-state index contributed by atoms with van der Waals surface area (Å²) in [5, 5.41) is 0. The maximum atomic E-state index is 5.54. The van der Waals surface area contributed by atoms with Gasteiger partial charge in [-0.1, -0.05) is 77.6 Å². The van der Waals surface area contributed by atoms with Crippen molar-refractivity contribution < 1.29 is 60.9 Å². The van der Waals surface area contributed by atoms with Crippen LogP contribution in [0.2, 0.25) is 0 Å². The van der Waals surface area contributed by atoms with Gasteiger partial charge in [-0.2, -0.15) is 11.6 Å². The first-order valence-electron chi connectivity index (χ1n) is 9.01. The maximum Gasteiger partial charge on any atom is 1.00 e. The molecule has 1 aromatic rings. The summed E-state index contributed by atoms with van der Waals surface area (Å²) in [6.45, 7) is 12.9. The molecule has 0 aromatic heterocycles. The second kappa shape index (κ2) is 16.4. The Morgan fingerprint density at radius 1 is 1.12 bits per heavy atom. The van der Waals surface area contributed by atoms with E-state index in [1.54, 1.807) is 14.2 Å². The summed E-state index contributed by atoms with van der Waals surface area (Å²) in [7, 11) is 3.25. The molecule has 0 N–H and O–H groups in total. The number of allylic oxidation sites excluding steroid dienone is 1. The Hall–Kier alpha value is 0.226. The van der Waals surface area contributed by atoms with Gasteiger partial charge < -0.3 is 9.47 Å². The Morgan fingerprint density at radius 2 is 1.56 bits per heavy atom. The standard InChI is InChI=1S/C11H11O.C5H10.C4H10.C2H6O.K/c1-8-7-9(2)12-11-6-4-3-5-10(8)11;1-5-3-2-4-5;1-4(2)3;1-3-2;/h3-7H,1-2H3;5H,2-4H2,1H3;4H,1-3H3;1-2H3;/q-1;;;;+1. The topological polar surface area (TPSA) is 18.5 Å². The molecule has 0 spiro atoms. The summed E-state index contributed by atoms with van der Waals surface area (Å²) in [6.07, 6.45) is 7.48. The molecule has 3 rings (SSSR count). The van der Waals surface area contributed by atoms with Crippen LogP contribution in [0.1, 0.15) is 66.4 Å². The Labute approximate surface area is 199 Å². The molecule has 1 aromatic carbocycles. The third-order valence-corrected chi connectivity index (χ3v) is 3.40. The number of hydrogen-bond donors (Lipinski definition) is 0. The molecule has 0 unspecified atom stereocenters. The number of rotatable bonds is 0. The maximum absolute atomic E-state index is 5.54. The summed E-state index contributed by atoms with van der Waals surface area (Å²) < 4.78 is 9.79. The van der Waals surface area contributed by atoms with Gasteiger partial charge in [-0.05, 0) is 24.0 Å². The number of fused-ring (bicyclic) bond motifs is 1. The summed E-state index contributed by atoms with van der Waals surface area (Å²) in [5.74, 6) is 2.87. The zero-order chi connectivity index (χ0) is 18.5. The van der Waals surface area contributed by atoms with Crippen molar-refractivity contribution in [3.63, 3.8) is 0 Å².